The summed E-state index contributed by atoms with van der Waals surface area (Å²) in [6, 6.07) is 3.52. The molecule has 0 aliphatic carbocycles. The second-order valence-corrected chi connectivity index (χ2v) is 4.92. The first-order valence-electron chi connectivity index (χ1n) is 5.83. The highest BCUT2D eigenvalue weighted by Crippen LogP contribution is 2.26. The van der Waals surface area contributed by atoms with Crippen LogP contribution in [0.2, 0.25) is 0 Å². The highest BCUT2D eigenvalue weighted by molar-refractivity contribution is 9.10. The lowest BCUT2D eigenvalue weighted by atomic mass is 10.2. The fourth-order valence-electron chi connectivity index (χ4n) is 1.74. The Morgan fingerprint density at radius 3 is 2.94 bits per heavy atom. The highest BCUT2D eigenvalue weighted by atomic mass is 79.9. The fourth-order valence-corrected chi connectivity index (χ4v) is 2.19. The van der Waals surface area contributed by atoms with Gasteiger partial charge in [0, 0.05) is 10.9 Å². The van der Waals surface area contributed by atoms with Gasteiger partial charge in [0.15, 0.2) is 11.5 Å². The Hall–Kier alpha value is -1.36. The van der Waals surface area contributed by atoms with E-state index in [2.05, 4.69) is 27.8 Å². The molecule has 0 N–H and O–H groups in total. The summed E-state index contributed by atoms with van der Waals surface area (Å²) in [5, 5.41) is 0. The number of methoxy groups -OCH3 is 1. The summed E-state index contributed by atoms with van der Waals surface area (Å²) in [7, 11) is 1.35. The van der Waals surface area contributed by atoms with Gasteiger partial charge in [-0.25, -0.2) is 9.78 Å². The van der Waals surface area contributed by atoms with Crippen molar-refractivity contribution >= 4 is 33.0 Å². The van der Waals surface area contributed by atoms with Gasteiger partial charge in [0.1, 0.15) is 11.1 Å². The molecule has 0 radical (unpaired) electrons. The van der Waals surface area contributed by atoms with Crippen LogP contribution in [0.1, 0.15) is 36.0 Å². The molecule has 4 nitrogen and oxygen atoms in total. The number of ether oxygens (including phenoxy) is 1. The molecule has 0 bridgehead atoms. The Balaban J connectivity index is 2.49. The van der Waals surface area contributed by atoms with Crippen molar-refractivity contribution in [2.24, 2.45) is 0 Å². The summed E-state index contributed by atoms with van der Waals surface area (Å²) in [4.78, 5) is 16.1. The van der Waals surface area contributed by atoms with Gasteiger partial charge in [-0.15, -0.1) is 0 Å². The second-order valence-electron chi connectivity index (χ2n) is 4.00. The molecule has 96 valence electrons. The topological polar surface area (TPSA) is 52.3 Å². The number of fused-ring (bicyclic) bond motifs is 1. The van der Waals surface area contributed by atoms with Gasteiger partial charge in [-0.05, 0) is 18.6 Å². The summed E-state index contributed by atoms with van der Waals surface area (Å²) in [5.74, 6) is 0.245. The zero-order valence-corrected chi connectivity index (χ0v) is 11.9. The van der Waals surface area contributed by atoms with Crippen molar-refractivity contribution in [2.75, 3.05) is 7.11 Å². The Labute approximate surface area is 113 Å². The van der Waals surface area contributed by atoms with E-state index in [1.54, 1.807) is 6.07 Å². The third kappa shape index (κ3) is 2.56. The highest BCUT2D eigenvalue weighted by Gasteiger charge is 2.17. The number of hydrogen-bond donors (Lipinski definition) is 0. The molecule has 0 saturated carbocycles. The number of unbranched alkanes of at least 4 members (excludes halogenated alkanes) is 1. The number of carbonyl (C=O) groups is 1. The summed E-state index contributed by atoms with van der Waals surface area (Å²) in [6.07, 6.45) is 2.87. The number of benzene rings is 1. The van der Waals surface area contributed by atoms with Crippen molar-refractivity contribution < 1.29 is 13.9 Å². The molecule has 0 spiro atoms. The summed E-state index contributed by atoms with van der Waals surface area (Å²) in [6.45, 7) is 2.11. The van der Waals surface area contributed by atoms with E-state index in [1.165, 1.54) is 7.11 Å². The van der Waals surface area contributed by atoms with Crippen LogP contribution in [0.15, 0.2) is 21.0 Å². The molecular weight excluding hydrogens is 298 g/mol. The monoisotopic (exact) mass is 311 g/mol. The van der Waals surface area contributed by atoms with Gasteiger partial charge >= 0.3 is 5.97 Å². The van der Waals surface area contributed by atoms with Crippen LogP contribution in [0.4, 0.5) is 0 Å². The molecule has 2 aromatic rings. The van der Waals surface area contributed by atoms with Crippen LogP contribution in [0.3, 0.4) is 0 Å². The Morgan fingerprint density at radius 2 is 2.28 bits per heavy atom. The van der Waals surface area contributed by atoms with Crippen LogP contribution in [-0.4, -0.2) is 18.1 Å². The minimum atomic E-state index is -0.417. The standard InChI is InChI=1S/C13H14BrNO3/c1-3-4-5-11-15-10-7-8(14)6-9(12(10)18-11)13(16)17-2/h6-7H,3-5H2,1-2H3. The molecule has 0 fully saturated rings. The maximum Gasteiger partial charge on any atom is 0.341 e. The van der Waals surface area contributed by atoms with Crippen molar-refractivity contribution in [1.29, 1.82) is 0 Å². The quantitative estimate of drug-likeness (QED) is 0.807. The maximum atomic E-state index is 11.7. The van der Waals surface area contributed by atoms with Crippen LogP contribution in [0.5, 0.6) is 0 Å². The third-order valence-corrected chi connectivity index (χ3v) is 3.11. The molecule has 0 unspecified atom stereocenters. The number of rotatable bonds is 4. The van der Waals surface area contributed by atoms with E-state index in [1.807, 2.05) is 6.07 Å². The van der Waals surface area contributed by atoms with E-state index >= 15 is 0 Å². The predicted octanol–water partition coefficient (Wildman–Crippen LogP) is 3.72. The van der Waals surface area contributed by atoms with Crippen LogP contribution >= 0.6 is 15.9 Å². The van der Waals surface area contributed by atoms with E-state index < -0.39 is 5.97 Å². The molecule has 0 aliphatic rings. The fraction of sp³-hybridized carbons (Fsp3) is 0.385. The SMILES string of the molecule is CCCCc1nc2cc(Br)cc(C(=O)OC)c2o1. The molecule has 1 aromatic carbocycles. The molecule has 0 atom stereocenters. The molecule has 0 saturated heterocycles. The van der Waals surface area contributed by atoms with Gasteiger partial charge in [0.25, 0.3) is 0 Å². The van der Waals surface area contributed by atoms with E-state index in [0.29, 0.717) is 22.6 Å². The number of nitrogens with zero attached hydrogens (tertiary/aromatic N) is 1. The number of aromatic nitrogens is 1. The molecule has 1 aromatic heterocycles. The molecule has 5 heteroatoms. The summed E-state index contributed by atoms with van der Waals surface area (Å²) >= 11 is 3.35. The molecular formula is C13H14BrNO3. The van der Waals surface area contributed by atoms with Gasteiger partial charge in [0.2, 0.25) is 0 Å². The van der Waals surface area contributed by atoms with Gasteiger partial charge in [-0.1, -0.05) is 29.3 Å². The van der Waals surface area contributed by atoms with Crippen molar-refractivity contribution in [1.82, 2.24) is 4.98 Å². The van der Waals surface area contributed by atoms with Gasteiger partial charge in [-0.3, -0.25) is 0 Å². The average Bonchev–Trinajstić information content (AvgIpc) is 2.76. The first-order chi connectivity index (χ1) is 8.65. The maximum absolute atomic E-state index is 11.7. The summed E-state index contributed by atoms with van der Waals surface area (Å²) in [5.41, 5.74) is 1.57. The number of esters is 1. The molecule has 1 heterocycles. The summed E-state index contributed by atoms with van der Waals surface area (Å²) < 4.78 is 11.2. The zero-order chi connectivity index (χ0) is 13.1. The largest absolute Gasteiger partial charge is 0.465 e. The van der Waals surface area contributed by atoms with Crippen molar-refractivity contribution in [3.8, 4) is 0 Å². The Kier molecular flexibility index (Phi) is 4.01. The number of oxazole rings is 1. The molecule has 18 heavy (non-hydrogen) atoms. The average molecular weight is 312 g/mol. The Bertz CT molecular complexity index is 577. The van der Waals surface area contributed by atoms with Crippen LogP contribution in [0.25, 0.3) is 11.1 Å². The normalized spacial score (nSPS) is 10.8. The lowest BCUT2D eigenvalue weighted by Crippen LogP contribution is -2.01. The minimum Gasteiger partial charge on any atom is -0.465 e. The lowest BCUT2D eigenvalue weighted by Gasteiger charge is -2.00. The van der Waals surface area contributed by atoms with E-state index in [9.17, 15) is 4.79 Å². The van der Waals surface area contributed by atoms with Crippen LogP contribution in [-0.2, 0) is 11.2 Å². The number of aryl methyl sites for hydroxylation is 1. The van der Waals surface area contributed by atoms with Gasteiger partial charge in [-0.2, -0.15) is 0 Å². The molecule has 0 aliphatic heterocycles. The van der Waals surface area contributed by atoms with Crippen molar-refractivity contribution in [2.45, 2.75) is 26.2 Å². The number of carbonyl (C=O) groups excluding carboxylic acids is 1. The van der Waals surface area contributed by atoms with E-state index in [-0.39, 0.29) is 0 Å². The zero-order valence-electron chi connectivity index (χ0n) is 10.3. The third-order valence-electron chi connectivity index (χ3n) is 2.65. The first-order valence-corrected chi connectivity index (χ1v) is 6.62. The lowest BCUT2D eigenvalue weighted by molar-refractivity contribution is 0.0601. The predicted molar refractivity (Wildman–Crippen MR) is 71.7 cm³/mol. The Morgan fingerprint density at radius 1 is 1.50 bits per heavy atom. The number of hydrogen-bond acceptors (Lipinski definition) is 4. The smallest absolute Gasteiger partial charge is 0.341 e. The van der Waals surface area contributed by atoms with Crippen LogP contribution in [0, 0.1) is 0 Å². The van der Waals surface area contributed by atoms with Crippen molar-refractivity contribution in [3.05, 3.63) is 28.1 Å². The van der Waals surface area contributed by atoms with Gasteiger partial charge in [0.05, 0.1) is 7.11 Å². The second kappa shape index (κ2) is 5.52. The first kappa shape index (κ1) is 13.1. The molecule has 2 rings (SSSR count). The molecule has 0 amide bonds. The minimum absolute atomic E-state index is 0.400. The van der Waals surface area contributed by atoms with Crippen molar-refractivity contribution in [3.63, 3.8) is 0 Å². The number of halogens is 1. The van der Waals surface area contributed by atoms with E-state index in [0.717, 1.165) is 23.7 Å². The van der Waals surface area contributed by atoms with E-state index in [4.69, 9.17) is 9.15 Å². The van der Waals surface area contributed by atoms with Crippen LogP contribution < -0.4 is 0 Å². The van der Waals surface area contributed by atoms with Gasteiger partial charge < -0.3 is 9.15 Å².